The zero-order valence-electron chi connectivity index (χ0n) is 10.5. The number of phenols is 1. The fourth-order valence-electron chi connectivity index (χ4n) is 2.05. The Morgan fingerprint density at radius 1 is 1.44 bits per heavy atom. The summed E-state index contributed by atoms with van der Waals surface area (Å²) in [6, 6.07) is 6.85. The topological polar surface area (TPSA) is 49.7 Å². The van der Waals surface area contributed by atoms with Gasteiger partial charge in [-0.25, -0.2) is 0 Å². The van der Waals surface area contributed by atoms with Crippen molar-refractivity contribution in [1.29, 1.82) is 0 Å². The summed E-state index contributed by atoms with van der Waals surface area (Å²) in [7, 11) is -0.912. The van der Waals surface area contributed by atoms with E-state index >= 15 is 0 Å². The molecule has 18 heavy (non-hydrogen) atoms. The number of phenolic OH excluding ortho intramolecular Hbond substituents is 1. The quantitative estimate of drug-likeness (QED) is 0.803. The molecule has 1 aliphatic rings. The molecule has 0 spiro atoms. The van der Waals surface area contributed by atoms with Gasteiger partial charge in [0.1, 0.15) is 5.75 Å². The van der Waals surface area contributed by atoms with Crippen molar-refractivity contribution in [2.75, 3.05) is 0 Å². The molecule has 2 rings (SSSR count). The molecule has 0 radical (unpaired) electrons. The summed E-state index contributed by atoms with van der Waals surface area (Å²) in [5, 5.41) is 19.2. The van der Waals surface area contributed by atoms with E-state index in [1.54, 1.807) is 24.3 Å². The molecule has 1 atom stereocenters. The largest absolute Gasteiger partial charge is 0.508 e. The molecule has 94 valence electrons. The van der Waals surface area contributed by atoms with Crippen LogP contribution in [0.1, 0.15) is 31.4 Å². The van der Waals surface area contributed by atoms with Crippen LogP contribution in [-0.4, -0.2) is 17.2 Å². The van der Waals surface area contributed by atoms with Gasteiger partial charge in [-0.05, 0) is 36.0 Å². The van der Waals surface area contributed by atoms with Crippen molar-refractivity contribution in [3.63, 3.8) is 0 Å². The SMILES string of the molecule is C=C(CC)C1=CCC(c2ccc(O)cc2)OB1O. The van der Waals surface area contributed by atoms with Crippen molar-refractivity contribution in [2.45, 2.75) is 25.9 Å². The van der Waals surface area contributed by atoms with Gasteiger partial charge in [0.15, 0.2) is 0 Å². The van der Waals surface area contributed by atoms with Crippen molar-refractivity contribution in [1.82, 2.24) is 0 Å². The minimum atomic E-state index is -0.912. The van der Waals surface area contributed by atoms with E-state index < -0.39 is 7.12 Å². The monoisotopic (exact) mass is 244 g/mol. The molecule has 0 aliphatic carbocycles. The van der Waals surface area contributed by atoms with Gasteiger partial charge in [0, 0.05) is 0 Å². The fraction of sp³-hybridized carbons (Fsp3) is 0.286. The van der Waals surface area contributed by atoms with Crippen LogP contribution in [0.5, 0.6) is 5.75 Å². The first-order valence-electron chi connectivity index (χ1n) is 6.12. The molecular weight excluding hydrogens is 227 g/mol. The normalized spacial score (nSPS) is 19.6. The number of allylic oxidation sites excluding steroid dienone is 2. The van der Waals surface area contributed by atoms with Gasteiger partial charge in [-0.15, -0.1) is 0 Å². The smallest absolute Gasteiger partial charge is 0.491 e. The van der Waals surface area contributed by atoms with Crippen LogP contribution in [0, 0.1) is 0 Å². The van der Waals surface area contributed by atoms with E-state index in [-0.39, 0.29) is 11.9 Å². The van der Waals surface area contributed by atoms with Crippen LogP contribution in [0.3, 0.4) is 0 Å². The highest BCUT2D eigenvalue weighted by Crippen LogP contribution is 2.31. The Balaban J connectivity index is 2.14. The van der Waals surface area contributed by atoms with Crippen LogP contribution < -0.4 is 0 Å². The van der Waals surface area contributed by atoms with Crippen molar-refractivity contribution in [3.05, 3.63) is 53.5 Å². The molecule has 0 fully saturated rings. The molecule has 0 bridgehead atoms. The third kappa shape index (κ3) is 2.66. The second-order valence-electron chi connectivity index (χ2n) is 4.42. The zero-order valence-corrected chi connectivity index (χ0v) is 10.5. The van der Waals surface area contributed by atoms with Crippen molar-refractivity contribution in [2.24, 2.45) is 0 Å². The summed E-state index contributed by atoms with van der Waals surface area (Å²) >= 11 is 0. The summed E-state index contributed by atoms with van der Waals surface area (Å²) in [4.78, 5) is 0. The number of hydrogen-bond donors (Lipinski definition) is 2. The van der Waals surface area contributed by atoms with Gasteiger partial charge in [-0.1, -0.05) is 37.3 Å². The standard InChI is InChI=1S/C14H17BO3/c1-3-10(2)13-8-9-14(18-15(13)17)11-4-6-12(16)7-5-11/h4-8,14,16-17H,2-3,9H2,1H3. The van der Waals surface area contributed by atoms with E-state index in [2.05, 4.69) is 6.58 Å². The Labute approximate surface area is 108 Å². The first-order chi connectivity index (χ1) is 8.61. The molecule has 1 aromatic carbocycles. The van der Waals surface area contributed by atoms with Crippen molar-refractivity contribution >= 4 is 7.12 Å². The second-order valence-corrected chi connectivity index (χ2v) is 4.42. The maximum absolute atomic E-state index is 9.96. The molecule has 1 unspecified atom stereocenters. The lowest BCUT2D eigenvalue weighted by Gasteiger charge is -2.26. The van der Waals surface area contributed by atoms with E-state index in [9.17, 15) is 10.1 Å². The van der Waals surface area contributed by atoms with Gasteiger partial charge >= 0.3 is 7.12 Å². The molecular formula is C14H17BO3. The van der Waals surface area contributed by atoms with E-state index in [1.165, 1.54) is 0 Å². The van der Waals surface area contributed by atoms with Crippen LogP contribution in [0.2, 0.25) is 0 Å². The van der Waals surface area contributed by atoms with Crippen molar-refractivity contribution in [3.8, 4) is 5.75 Å². The highest BCUT2D eigenvalue weighted by Gasteiger charge is 2.29. The van der Waals surface area contributed by atoms with Gasteiger partial charge in [0.2, 0.25) is 0 Å². The number of benzene rings is 1. The van der Waals surface area contributed by atoms with Crippen LogP contribution in [0.25, 0.3) is 0 Å². The van der Waals surface area contributed by atoms with Gasteiger partial charge in [-0.2, -0.15) is 0 Å². The number of hydrogen-bond acceptors (Lipinski definition) is 3. The van der Waals surface area contributed by atoms with Crippen LogP contribution >= 0.6 is 0 Å². The molecule has 3 nitrogen and oxygen atoms in total. The summed E-state index contributed by atoms with van der Waals surface area (Å²) in [6.45, 7) is 5.92. The van der Waals surface area contributed by atoms with Gasteiger partial charge in [0.05, 0.1) is 6.10 Å². The van der Waals surface area contributed by atoms with Gasteiger partial charge in [-0.3, -0.25) is 0 Å². The summed E-state index contributed by atoms with van der Waals surface area (Å²) in [6.07, 6.45) is 3.32. The average molecular weight is 244 g/mol. The lowest BCUT2D eigenvalue weighted by Crippen LogP contribution is -2.28. The Hall–Kier alpha value is -1.52. The van der Waals surface area contributed by atoms with E-state index in [0.29, 0.717) is 6.42 Å². The predicted molar refractivity (Wildman–Crippen MR) is 72.0 cm³/mol. The summed E-state index contributed by atoms with van der Waals surface area (Å²) in [5.74, 6) is 0.227. The van der Waals surface area contributed by atoms with E-state index in [1.807, 2.05) is 13.0 Å². The van der Waals surface area contributed by atoms with E-state index in [0.717, 1.165) is 23.0 Å². The van der Waals surface area contributed by atoms with Crippen LogP contribution in [0.4, 0.5) is 0 Å². The summed E-state index contributed by atoms with van der Waals surface area (Å²) < 4.78 is 5.59. The highest BCUT2D eigenvalue weighted by atomic mass is 16.5. The molecule has 4 heteroatoms. The Morgan fingerprint density at radius 3 is 2.67 bits per heavy atom. The Morgan fingerprint density at radius 2 is 2.11 bits per heavy atom. The molecule has 0 saturated heterocycles. The molecule has 1 aliphatic heterocycles. The first-order valence-corrected chi connectivity index (χ1v) is 6.12. The third-order valence-corrected chi connectivity index (χ3v) is 3.21. The minimum Gasteiger partial charge on any atom is -0.508 e. The molecule has 0 aromatic heterocycles. The lowest BCUT2D eigenvalue weighted by atomic mass is 9.70. The van der Waals surface area contributed by atoms with E-state index in [4.69, 9.17) is 4.65 Å². The third-order valence-electron chi connectivity index (χ3n) is 3.21. The molecule has 2 N–H and O–H groups in total. The molecule has 1 heterocycles. The zero-order chi connectivity index (χ0) is 13.1. The van der Waals surface area contributed by atoms with Crippen LogP contribution in [-0.2, 0) is 4.65 Å². The maximum atomic E-state index is 9.96. The molecule has 1 aromatic rings. The fourth-order valence-corrected chi connectivity index (χ4v) is 2.05. The van der Waals surface area contributed by atoms with Gasteiger partial charge in [0.25, 0.3) is 0 Å². The lowest BCUT2D eigenvalue weighted by molar-refractivity contribution is 0.168. The first kappa shape index (κ1) is 12.9. The van der Waals surface area contributed by atoms with Gasteiger partial charge < -0.3 is 14.8 Å². The number of rotatable bonds is 3. The second kappa shape index (κ2) is 5.42. The Kier molecular flexibility index (Phi) is 3.89. The molecule has 0 amide bonds. The van der Waals surface area contributed by atoms with Crippen molar-refractivity contribution < 1.29 is 14.8 Å². The predicted octanol–water partition coefficient (Wildman–Crippen LogP) is 2.77. The van der Waals surface area contributed by atoms with Crippen LogP contribution in [0.15, 0.2) is 48.0 Å². The minimum absolute atomic E-state index is 0.172. The maximum Gasteiger partial charge on any atom is 0.491 e. The highest BCUT2D eigenvalue weighted by molar-refractivity contribution is 6.54. The number of aromatic hydroxyl groups is 1. The summed E-state index contributed by atoms with van der Waals surface area (Å²) in [5.41, 5.74) is 2.64. The Bertz CT molecular complexity index is 464. The average Bonchev–Trinajstić information content (AvgIpc) is 2.38. The molecule has 0 saturated carbocycles.